The Morgan fingerprint density at radius 3 is 2.26 bits per heavy atom. The van der Waals surface area contributed by atoms with E-state index in [-0.39, 0.29) is 11.2 Å². The maximum Gasteiger partial charge on any atom is 0.0945 e. The molecule has 0 fully saturated rings. The summed E-state index contributed by atoms with van der Waals surface area (Å²) in [5.41, 5.74) is 1.25. The van der Waals surface area contributed by atoms with Crippen molar-refractivity contribution in [3.05, 3.63) is 24.7 Å². The zero-order chi connectivity index (χ0) is 15.1. The molecule has 1 unspecified atom stereocenters. The minimum absolute atomic E-state index is 0.250. The Labute approximate surface area is 119 Å². The van der Waals surface area contributed by atoms with Crippen LogP contribution in [0, 0.1) is 17.3 Å². The van der Waals surface area contributed by atoms with E-state index in [2.05, 4.69) is 53.1 Å². The standard InChI is InChI=1S/C17H32FN/c1-13(2)14(3)8-10-17(6,7)12-16(5)19-11-9-15(4)18/h13-14,19H,4-5,8-12H2,1-3,6-7H3. The minimum atomic E-state index is -0.273. The first-order valence-electron chi connectivity index (χ1n) is 7.39. The fourth-order valence-corrected chi connectivity index (χ4v) is 2.06. The summed E-state index contributed by atoms with van der Waals surface area (Å²) < 4.78 is 12.5. The molecule has 0 aliphatic carbocycles. The molecule has 0 amide bonds. The summed E-state index contributed by atoms with van der Waals surface area (Å²) in [5.74, 6) is 1.23. The highest BCUT2D eigenvalue weighted by Gasteiger charge is 2.20. The summed E-state index contributed by atoms with van der Waals surface area (Å²) >= 11 is 0. The molecule has 0 saturated carbocycles. The fraction of sp³-hybridized carbons (Fsp3) is 0.765. The average Bonchev–Trinajstić information content (AvgIpc) is 2.24. The Hall–Kier alpha value is -0.790. The van der Waals surface area contributed by atoms with E-state index in [1.54, 1.807) is 0 Å². The molecular weight excluding hydrogens is 237 g/mol. The highest BCUT2D eigenvalue weighted by molar-refractivity contribution is 4.97. The van der Waals surface area contributed by atoms with Crippen LogP contribution in [-0.2, 0) is 0 Å². The zero-order valence-electron chi connectivity index (χ0n) is 13.5. The lowest BCUT2D eigenvalue weighted by Gasteiger charge is -2.28. The highest BCUT2D eigenvalue weighted by atomic mass is 19.1. The largest absolute Gasteiger partial charge is 0.388 e. The molecule has 0 rings (SSSR count). The van der Waals surface area contributed by atoms with Gasteiger partial charge in [0.1, 0.15) is 0 Å². The van der Waals surface area contributed by atoms with Gasteiger partial charge in [0.05, 0.1) is 5.83 Å². The van der Waals surface area contributed by atoms with Gasteiger partial charge in [-0.05, 0) is 36.5 Å². The van der Waals surface area contributed by atoms with Crippen molar-refractivity contribution in [3.63, 3.8) is 0 Å². The van der Waals surface area contributed by atoms with Gasteiger partial charge in [-0.3, -0.25) is 0 Å². The lowest BCUT2D eigenvalue weighted by atomic mass is 9.79. The van der Waals surface area contributed by atoms with Crippen molar-refractivity contribution in [2.75, 3.05) is 6.54 Å². The lowest BCUT2D eigenvalue weighted by molar-refractivity contribution is 0.267. The Morgan fingerprint density at radius 2 is 1.79 bits per heavy atom. The van der Waals surface area contributed by atoms with Gasteiger partial charge < -0.3 is 5.32 Å². The quantitative estimate of drug-likeness (QED) is 0.556. The molecule has 0 spiro atoms. The molecule has 1 nitrogen and oxygen atoms in total. The van der Waals surface area contributed by atoms with Gasteiger partial charge in [0.15, 0.2) is 0 Å². The fourth-order valence-electron chi connectivity index (χ4n) is 2.06. The van der Waals surface area contributed by atoms with Gasteiger partial charge in [-0.1, -0.05) is 47.8 Å². The second-order valence-corrected chi connectivity index (χ2v) is 6.90. The Morgan fingerprint density at radius 1 is 1.21 bits per heavy atom. The van der Waals surface area contributed by atoms with Crippen LogP contribution in [-0.4, -0.2) is 6.54 Å². The van der Waals surface area contributed by atoms with Crippen molar-refractivity contribution in [2.24, 2.45) is 17.3 Å². The molecule has 19 heavy (non-hydrogen) atoms. The van der Waals surface area contributed by atoms with Crippen molar-refractivity contribution < 1.29 is 4.39 Å². The number of hydrogen-bond donors (Lipinski definition) is 1. The molecule has 0 aromatic carbocycles. The topological polar surface area (TPSA) is 12.0 Å². The summed E-state index contributed by atoms with van der Waals surface area (Å²) in [4.78, 5) is 0. The van der Waals surface area contributed by atoms with E-state index in [1.807, 2.05) is 0 Å². The number of nitrogens with one attached hydrogen (secondary N) is 1. The van der Waals surface area contributed by atoms with Crippen LogP contribution in [0.5, 0.6) is 0 Å². The monoisotopic (exact) mass is 269 g/mol. The molecule has 112 valence electrons. The predicted molar refractivity (Wildman–Crippen MR) is 83.6 cm³/mol. The molecule has 0 saturated heterocycles. The van der Waals surface area contributed by atoms with Gasteiger partial charge in [0.2, 0.25) is 0 Å². The molecule has 1 N–H and O–H groups in total. The number of rotatable bonds is 10. The van der Waals surface area contributed by atoms with Crippen LogP contribution in [0.25, 0.3) is 0 Å². The SMILES string of the molecule is C=C(F)CCNC(=C)CC(C)(C)CCC(C)C(C)C. The van der Waals surface area contributed by atoms with Crippen LogP contribution in [0.3, 0.4) is 0 Å². The van der Waals surface area contributed by atoms with Gasteiger partial charge in [0.25, 0.3) is 0 Å². The van der Waals surface area contributed by atoms with Crippen LogP contribution in [0.15, 0.2) is 24.7 Å². The summed E-state index contributed by atoms with van der Waals surface area (Å²) in [6, 6.07) is 0. The molecule has 2 heteroatoms. The Balaban J connectivity index is 4.00. The van der Waals surface area contributed by atoms with Crippen LogP contribution < -0.4 is 5.32 Å². The summed E-state index contributed by atoms with van der Waals surface area (Å²) in [5, 5.41) is 3.19. The smallest absolute Gasteiger partial charge is 0.0945 e. The average molecular weight is 269 g/mol. The second kappa shape index (κ2) is 8.39. The molecule has 0 aromatic heterocycles. The molecule has 0 aromatic rings. The van der Waals surface area contributed by atoms with E-state index in [0.29, 0.717) is 13.0 Å². The second-order valence-electron chi connectivity index (χ2n) is 6.90. The van der Waals surface area contributed by atoms with Crippen molar-refractivity contribution >= 4 is 0 Å². The Kier molecular flexibility index (Phi) is 8.05. The number of halogens is 1. The molecule has 0 radical (unpaired) electrons. The van der Waals surface area contributed by atoms with Crippen molar-refractivity contribution in [3.8, 4) is 0 Å². The van der Waals surface area contributed by atoms with Gasteiger partial charge in [0, 0.05) is 18.7 Å². The number of allylic oxidation sites excluding steroid dienone is 1. The normalized spacial score (nSPS) is 13.4. The molecule has 0 aliphatic rings. The predicted octanol–water partition coefficient (Wildman–Crippen LogP) is 5.45. The van der Waals surface area contributed by atoms with Crippen LogP contribution in [0.2, 0.25) is 0 Å². The first-order chi connectivity index (χ1) is 8.64. The van der Waals surface area contributed by atoms with E-state index in [1.165, 1.54) is 12.8 Å². The van der Waals surface area contributed by atoms with Crippen molar-refractivity contribution in [1.29, 1.82) is 0 Å². The molecule has 0 heterocycles. The first kappa shape index (κ1) is 18.2. The van der Waals surface area contributed by atoms with E-state index >= 15 is 0 Å². The Bertz CT molecular complexity index is 292. The van der Waals surface area contributed by atoms with Crippen LogP contribution in [0.1, 0.15) is 60.3 Å². The first-order valence-corrected chi connectivity index (χ1v) is 7.39. The van der Waals surface area contributed by atoms with Gasteiger partial charge >= 0.3 is 0 Å². The van der Waals surface area contributed by atoms with Gasteiger partial charge in [-0.15, -0.1) is 0 Å². The van der Waals surface area contributed by atoms with Gasteiger partial charge in [-0.2, -0.15) is 0 Å². The molecule has 0 bridgehead atoms. The summed E-state index contributed by atoms with van der Waals surface area (Å²) in [7, 11) is 0. The van der Waals surface area contributed by atoms with Crippen LogP contribution in [0.4, 0.5) is 4.39 Å². The van der Waals surface area contributed by atoms with Crippen molar-refractivity contribution in [2.45, 2.75) is 60.3 Å². The van der Waals surface area contributed by atoms with Crippen molar-refractivity contribution in [1.82, 2.24) is 5.32 Å². The summed E-state index contributed by atoms with van der Waals surface area (Å²) in [6.07, 6.45) is 3.75. The highest BCUT2D eigenvalue weighted by Crippen LogP contribution is 2.32. The molecule has 0 aliphatic heterocycles. The molecule has 1 atom stereocenters. The maximum absolute atomic E-state index is 12.5. The zero-order valence-corrected chi connectivity index (χ0v) is 13.5. The molecular formula is C17H32FN. The number of hydrogen-bond acceptors (Lipinski definition) is 1. The van der Waals surface area contributed by atoms with E-state index in [4.69, 9.17) is 0 Å². The van der Waals surface area contributed by atoms with Gasteiger partial charge in [-0.25, -0.2) is 4.39 Å². The van der Waals surface area contributed by atoms with E-state index in [0.717, 1.165) is 24.0 Å². The maximum atomic E-state index is 12.5. The third-order valence-corrected chi connectivity index (χ3v) is 3.88. The van der Waals surface area contributed by atoms with Crippen LogP contribution >= 0.6 is 0 Å². The third-order valence-electron chi connectivity index (χ3n) is 3.88. The van der Waals surface area contributed by atoms with E-state index in [9.17, 15) is 4.39 Å². The summed E-state index contributed by atoms with van der Waals surface area (Å²) in [6.45, 7) is 19.3. The van der Waals surface area contributed by atoms with E-state index < -0.39 is 0 Å². The lowest BCUT2D eigenvalue weighted by Crippen LogP contribution is -2.22. The third kappa shape index (κ3) is 9.75. The minimum Gasteiger partial charge on any atom is -0.388 e.